The molecule has 6 nitrogen and oxygen atoms in total. The number of hydrazine groups is 1. The van der Waals surface area contributed by atoms with Gasteiger partial charge in [-0.25, -0.2) is 15.4 Å². The van der Waals surface area contributed by atoms with Gasteiger partial charge in [0, 0.05) is 37.0 Å². The van der Waals surface area contributed by atoms with Crippen molar-refractivity contribution in [2.75, 3.05) is 13.2 Å². The Bertz CT molecular complexity index is 920. The molecule has 7 heteroatoms. The number of aromatic nitrogens is 3. The summed E-state index contributed by atoms with van der Waals surface area (Å²) in [5.41, 5.74) is 10.9. The SMILES string of the molecule is C=C/C=C\C1=C(C)NNC1c1csc(-c2nc(C)cn2CC2CCOCC2)n1.CCC. The van der Waals surface area contributed by atoms with E-state index in [4.69, 9.17) is 14.7 Å². The molecule has 1 fully saturated rings. The van der Waals surface area contributed by atoms with Gasteiger partial charge in [0.25, 0.3) is 0 Å². The molecule has 0 aromatic carbocycles. The number of nitrogens with zero attached hydrogens (tertiary/aromatic N) is 3. The first kappa shape index (κ1) is 23.4. The number of thiazole rings is 1. The third-order valence-electron chi connectivity index (χ3n) is 5.26. The van der Waals surface area contributed by atoms with Crippen molar-refractivity contribution in [1.82, 2.24) is 25.4 Å². The van der Waals surface area contributed by atoms with Gasteiger partial charge >= 0.3 is 0 Å². The van der Waals surface area contributed by atoms with Gasteiger partial charge < -0.3 is 14.7 Å². The lowest BCUT2D eigenvalue weighted by molar-refractivity contribution is 0.0614. The maximum absolute atomic E-state index is 5.50. The Labute approximate surface area is 190 Å². The fraction of sp³-hybridized carbons (Fsp3) is 0.500. The summed E-state index contributed by atoms with van der Waals surface area (Å²) in [6.07, 6.45) is 11.4. The van der Waals surface area contributed by atoms with Gasteiger partial charge in [-0.3, -0.25) is 0 Å². The number of rotatable bonds is 6. The number of hydrogen-bond donors (Lipinski definition) is 2. The summed E-state index contributed by atoms with van der Waals surface area (Å²) in [5, 5.41) is 3.09. The zero-order valence-corrected chi connectivity index (χ0v) is 20.0. The van der Waals surface area contributed by atoms with E-state index < -0.39 is 0 Å². The molecule has 4 rings (SSSR count). The van der Waals surface area contributed by atoms with Gasteiger partial charge in [0.05, 0.1) is 17.4 Å². The van der Waals surface area contributed by atoms with E-state index in [-0.39, 0.29) is 6.04 Å². The zero-order valence-electron chi connectivity index (χ0n) is 19.1. The monoisotopic (exact) mass is 441 g/mol. The molecule has 0 bridgehead atoms. The maximum atomic E-state index is 5.50. The average Bonchev–Trinajstić information content (AvgIpc) is 3.46. The Balaban J connectivity index is 0.000000858. The predicted molar refractivity (Wildman–Crippen MR) is 129 cm³/mol. The van der Waals surface area contributed by atoms with E-state index in [1.165, 1.54) is 12.0 Å². The van der Waals surface area contributed by atoms with Crippen LogP contribution in [0, 0.1) is 12.8 Å². The second kappa shape index (κ2) is 11.4. The lowest BCUT2D eigenvalue weighted by Gasteiger charge is -2.22. The van der Waals surface area contributed by atoms with Crippen LogP contribution in [-0.2, 0) is 11.3 Å². The van der Waals surface area contributed by atoms with Crippen molar-refractivity contribution in [3.8, 4) is 10.8 Å². The largest absolute Gasteiger partial charge is 0.381 e. The minimum Gasteiger partial charge on any atom is -0.381 e. The Morgan fingerprint density at radius 3 is 2.71 bits per heavy atom. The Hall–Kier alpha value is -2.22. The molecule has 31 heavy (non-hydrogen) atoms. The fourth-order valence-corrected chi connectivity index (χ4v) is 4.61. The lowest BCUT2D eigenvalue weighted by Crippen LogP contribution is -2.26. The fourth-order valence-electron chi connectivity index (χ4n) is 3.76. The van der Waals surface area contributed by atoms with E-state index in [2.05, 4.69) is 60.4 Å². The molecular weight excluding hydrogens is 406 g/mol. The molecule has 2 aliphatic rings. The molecule has 0 amide bonds. The van der Waals surface area contributed by atoms with Crippen molar-refractivity contribution < 1.29 is 4.74 Å². The summed E-state index contributed by atoms with van der Waals surface area (Å²) in [4.78, 5) is 9.71. The molecule has 2 N–H and O–H groups in total. The van der Waals surface area contributed by atoms with E-state index in [1.54, 1.807) is 17.4 Å². The third kappa shape index (κ3) is 5.93. The summed E-state index contributed by atoms with van der Waals surface area (Å²) in [5.74, 6) is 1.61. The van der Waals surface area contributed by atoms with Gasteiger partial charge in [-0.15, -0.1) is 11.3 Å². The van der Waals surface area contributed by atoms with Crippen LogP contribution in [0.5, 0.6) is 0 Å². The number of aryl methyl sites for hydroxylation is 1. The minimum absolute atomic E-state index is 0.0289. The smallest absolute Gasteiger partial charge is 0.169 e. The van der Waals surface area contributed by atoms with Crippen molar-refractivity contribution in [2.24, 2.45) is 5.92 Å². The van der Waals surface area contributed by atoms with Gasteiger partial charge in [-0.1, -0.05) is 45.1 Å². The number of hydrogen-bond acceptors (Lipinski definition) is 6. The van der Waals surface area contributed by atoms with E-state index in [1.807, 2.05) is 13.0 Å². The number of nitrogens with one attached hydrogen (secondary N) is 2. The first-order valence-electron chi connectivity index (χ1n) is 11.2. The Morgan fingerprint density at radius 1 is 1.26 bits per heavy atom. The van der Waals surface area contributed by atoms with Gasteiger partial charge in [-0.2, -0.15) is 0 Å². The van der Waals surface area contributed by atoms with Crippen LogP contribution in [-0.4, -0.2) is 27.7 Å². The molecule has 1 unspecified atom stereocenters. The first-order chi connectivity index (χ1) is 15.1. The van der Waals surface area contributed by atoms with Crippen LogP contribution in [0.4, 0.5) is 0 Å². The van der Waals surface area contributed by atoms with Crippen LogP contribution in [0.1, 0.15) is 57.5 Å². The van der Waals surface area contributed by atoms with Crippen molar-refractivity contribution in [1.29, 1.82) is 0 Å². The normalized spacial score (nSPS) is 19.4. The van der Waals surface area contributed by atoms with E-state index >= 15 is 0 Å². The quantitative estimate of drug-likeness (QED) is 0.594. The Kier molecular flexibility index (Phi) is 8.63. The lowest BCUT2D eigenvalue weighted by atomic mass is 10.0. The van der Waals surface area contributed by atoms with Crippen molar-refractivity contribution in [2.45, 2.75) is 59.5 Å². The van der Waals surface area contributed by atoms with Gasteiger partial charge in [0.15, 0.2) is 10.8 Å². The number of ether oxygens (including phenoxy) is 1. The molecule has 0 radical (unpaired) electrons. The molecule has 0 aliphatic carbocycles. The predicted octanol–water partition coefficient (Wildman–Crippen LogP) is 5.32. The molecule has 2 aromatic heterocycles. The molecule has 2 aliphatic heterocycles. The number of imidazole rings is 1. The highest BCUT2D eigenvalue weighted by molar-refractivity contribution is 7.13. The first-order valence-corrected chi connectivity index (χ1v) is 12.0. The van der Waals surface area contributed by atoms with Crippen LogP contribution in [0.2, 0.25) is 0 Å². The van der Waals surface area contributed by atoms with Gasteiger partial charge in [-0.05, 0) is 38.2 Å². The maximum Gasteiger partial charge on any atom is 0.169 e. The molecule has 4 heterocycles. The summed E-state index contributed by atoms with van der Waals surface area (Å²) in [6, 6.07) is 0.0289. The van der Waals surface area contributed by atoms with Crippen molar-refractivity contribution >= 4 is 11.3 Å². The zero-order chi connectivity index (χ0) is 22.2. The summed E-state index contributed by atoms with van der Waals surface area (Å²) >= 11 is 1.65. The average molecular weight is 442 g/mol. The highest BCUT2D eigenvalue weighted by atomic mass is 32.1. The molecule has 2 aromatic rings. The van der Waals surface area contributed by atoms with Crippen molar-refractivity contribution in [3.63, 3.8) is 0 Å². The molecular formula is C24H35N5OS. The molecule has 168 valence electrons. The second-order valence-electron chi connectivity index (χ2n) is 8.08. The highest BCUT2D eigenvalue weighted by Crippen LogP contribution is 2.32. The molecule has 1 atom stereocenters. The van der Waals surface area contributed by atoms with Crippen LogP contribution in [0.25, 0.3) is 10.8 Å². The van der Waals surface area contributed by atoms with Crippen LogP contribution < -0.4 is 10.9 Å². The summed E-state index contributed by atoms with van der Waals surface area (Å²) in [7, 11) is 0. The second-order valence-corrected chi connectivity index (χ2v) is 8.93. The number of allylic oxidation sites excluding steroid dienone is 3. The Morgan fingerprint density at radius 2 is 2.00 bits per heavy atom. The molecule has 0 saturated carbocycles. The van der Waals surface area contributed by atoms with Crippen LogP contribution in [0.3, 0.4) is 0 Å². The summed E-state index contributed by atoms with van der Waals surface area (Å²) < 4.78 is 7.77. The summed E-state index contributed by atoms with van der Waals surface area (Å²) in [6.45, 7) is 14.8. The van der Waals surface area contributed by atoms with Gasteiger partial charge in [0.2, 0.25) is 0 Å². The van der Waals surface area contributed by atoms with Crippen LogP contribution in [0.15, 0.2) is 47.7 Å². The topological polar surface area (TPSA) is 64.0 Å². The van der Waals surface area contributed by atoms with Crippen LogP contribution >= 0.6 is 11.3 Å². The highest BCUT2D eigenvalue weighted by Gasteiger charge is 2.26. The standard InChI is InChI=1S/C21H27N5OS.C3H8/c1-4-5-6-17-15(3)24-25-19(17)18-13-28-21(23-18)20-22-14(2)11-26(20)12-16-7-9-27-10-8-16;1-3-2/h4-6,11,13,16,19,24-25H,1,7-10,12H2,2-3H3;3H2,1-2H3/b6-5-;. The minimum atomic E-state index is 0.0289. The van der Waals surface area contributed by atoms with E-state index in [0.29, 0.717) is 5.92 Å². The van der Waals surface area contributed by atoms with E-state index in [9.17, 15) is 0 Å². The molecule has 1 saturated heterocycles. The van der Waals surface area contributed by atoms with Crippen molar-refractivity contribution in [3.05, 3.63) is 59.0 Å². The molecule has 0 spiro atoms. The van der Waals surface area contributed by atoms with Gasteiger partial charge in [0.1, 0.15) is 0 Å². The van der Waals surface area contributed by atoms with E-state index in [0.717, 1.165) is 60.5 Å². The third-order valence-corrected chi connectivity index (χ3v) is 6.12.